The molecule has 30 heavy (non-hydrogen) atoms. The molecule has 2 aromatic rings. The number of rotatable bonds is 7. The van der Waals surface area contributed by atoms with Crippen molar-refractivity contribution in [3.63, 3.8) is 0 Å². The van der Waals surface area contributed by atoms with Crippen LogP contribution < -0.4 is 14.8 Å². The molecule has 0 aromatic heterocycles. The lowest BCUT2D eigenvalue weighted by Gasteiger charge is -2.16. The normalized spacial score (nSPS) is 14.1. The third-order valence-electron chi connectivity index (χ3n) is 4.63. The Morgan fingerprint density at radius 2 is 1.77 bits per heavy atom. The molecular formula is C20H21F3N2O4S. The van der Waals surface area contributed by atoms with Gasteiger partial charge in [-0.3, -0.25) is 4.79 Å². The molecule has 6 nitrogen and oxygen atoms in total. The quantitative estimate of drug-likeness (QED) is 0.684. The molecule has 2 aromatic carbocycles. The summed E-state index contributed by atoms with van der Waals surface area (Å²) in [6.45, 7) is -0.149. The predicted molar refractivity (Wildman–Crippen MR) is 105 cm³/mol. The van der Waals surface area contributed by atoms with E-state index in [1.807, 2.05) is 6.07 Å². The maximum absolute atomic E-state index is 12.5. The van der Waals surface area contributed by atoms with Crippen molar-refractivity contribution < 1.29 is 31.1 Å². The summed E-state index contributed by atoms with van der Waals surface area (Å²) in [7, 11) is -3.76. The van der Waals surface area contributed by atoms with Gasteiger partial charge in [0.2, 0.25) is 15.9 Å². The summed E-state index contributed by atoms with van der Waals surface area (Å²) >= 11 is 0. The first-order valence-corrected chi connectivity index (χ1v) is 10.9. The molecule has 1 aliphatic carbocycles. The number of hydrogen-bond acceptors (Lipinski definition) is 4. The van der Waals surface area contributed by atoms with Crippen molar-refractivity contribution in [2.24, 2.45) is 0 Å². The van der Waals surface area contributed by atoms with Crippen molar-refractivity contribution in [3.8, 4) is 5.75 Å². The number of sulfonamides is 1. The van der Waals surface area contributed by atoms with Crippen LogP contribution in [0.4, 0.5) is 18.9 Å². The average Bonchev–Trinajstić information content (AvgIpc) is 2.66. The van der Waals surface area contributed by atoms with E-state index in [-0.39, 0.29) is 23.5 Å². The van der Waals surface area contributed by atoms with Gasteiger partial charge in [0.15, 0.2) is 0 Å². The number of alkyl halides is 3. The number of anilines is 1. The van der Waals surface area contributed by atoms with E-state index >= 15 is 0 Å². The summed E-state index contributed by atoms with van der Waals surface area (Å²) in [5.41, 5.74) is 2.30. The minimum Gasteiger partial charge on any atom is -0.406 e. The molecule has 0 fully saturated rings. The van der Waals surface area contributed by atoms with Gasteiger partial charge in [-0.25, -0.2) is 13.1 Å². The van der Waals surface area contributed by atoms with Crippen LogP contribution in [0.1, 0.15) is 30.4 Å². The van der Waals surface area contributed by atoms with Crippen molar-refractivity contribution >= 4 is 21.6 Å². The number of carbonyl (C=O) groups excluding carboxylic acids is 1. The highest BCUT2D eigenvalue weighted by atomic mass is 32.2. The fraction of sp³-hybridized carbons (Fsp3) is 0.350. The predicted octanol–water partition coefficient (Wildman–Crippen LogP) is 3.77. The fourth-order valence-corrected chi connectivity index (χ4v) is 4.34. The molecule has 0 saturated carbocycles. The van der Waals surface area contributed by atoms with Crippen LogP contribution >= 0.6 is 0 Å². The van der Waals surface area contributed by atoms with Crippen molar-refractivity contribution in [2.45, 2.75) is 43.4 Å². The maximum Gasteiger partial charge on any atom is 0.573 e. The second-order valence-corrected chi connectivity index (χ2v) is 8.68. The van der Waals surface area contributed by atoms with E-state index < -0.39 is 28.0 Å². The molecule has 10 heteroatoms. The number of amides is 1. The molecule has 2 N–H and O–H groups in total. The monoisotopic (exact) mass is 442 g/mol. The van der Waals surface area contributed by atoms with Crippen LogP contribution in [-0.4, -0.2) is 27.2 Å². The zero-order valence-corrected chi connectivity index (χ0v) is 16.8. The molecule has 0 aliphatic heterocycles. The maximum atomic E-state index is 12.5. The number of nitrogens with one attached hydrogen (secondary N) is 2. The number of fused-ring (bicyclic) bond motifs is 1. The lowest BCUT2D eigenvalue weighted by atomic mass is 9.92. The zero-order valence-electron chi connectivity index (χ0n) is 16.0. The number of hydrogen-bond donors (Lipinski definition) is 2. The number of aryl methyl sites for hydroxylation is 2. The van der Waals surface area contributed by atoms with Crippen LogP contribution in [0.5, 0.6) is 5.75 Å². The lowest BCUT2D eigenvalue weighted by Crippen LogP contribution is -2.28. The Morgan fingerprint density at radius 3 is 2.50 bits per heavy atom. The molecule has 0 unspecified atom stereocenters. The van der Waals surface area contributed by atoms with Crippen molar-refractivity contribution in [3.05, 3.63) is 53.6 Å². The van der Waals surface area contributed by atoms with Gasteiger partial charge in [0.25, 0.3) is 0 Å². The molecule has 1 aliphatic rings. The molecule has 0 spiro atoms. The van der Waals surface area contributed by atoms with E-state index in [9.17, 15) is 26.4 Å². The summed E-state index contributed by atoms with van der Waals surface area (Å²) in [5.74, 6) is -1.01. The highest BCUT2D eigenvalue weighted by molar-refractivity contribution is 7.89. The van der Waals surface area contributed by atoms with Gasteiger partial charge in [0, 0.05) is 24.7 Å². The van der Waals surface area contributed by atoms with E-state index in [0.717, 1.165) is 48.9 Å². The highest BCUT2D eigenvalue weighted by Gasteiger charge is 2.31. The minimum atomic E-state index is -4.84. The van der Waals surface area contributed by atoms with Crippen LogP contribution in [-0.2, 0) is 27.7 Å². The largest absolute Gasteiger partial charge is 0.573 e. The molecule has 0 bridgehead atoms. The van der Waals surface area contributed by atoms with Crippen LogP contribution in [0.3, 0.4) is 0 Å². The SMILES string of the molecule is O=C(CCNS(=O)(=O)c1ccc2c(c1)CCCC2)Nc1cccc(OC(F)(F)F)c1. The van der Waals surface area contributed by atoms with E-state index in [0.29, 0.717) is 0 Å². The summed E-state index contributed by atoms with van der Waals surface area (Å²) in [6, 6.07) is 9.89. The first-order chi connectivity index (χ1) is 14.1. The van der Waals surface area contributed by atoms with Gasteiger partial charge in [-0.05, 0) is 61.1 Å². The van der Waals surface area contributed by atoms with Crippen LogP contribution in [0, 0.1) is 0 Å². The Morgan fingerprint density at radius 1 is 1.03 bits per heavy atom. The number of carbonyl (C=O) groups is 1. The minimum absolute atomic E-state index is 0.110. The molecule has 162 valence electrons. The fourth-order valence-electron chi connectivity index (χ4n) is 3.25. The standard InChI is InChI=1S/C20H21F3N2O4S/c21-20(22,23)29-17-7-3-6-16(13-17)25-19(26)10-11-24-30(27,28)18-9-8-14-4-1-2-5-15(14)12-18/h3,6-9,12-13,24H,1-2,4-5,10-11H2,(H,25,26). The van der Waals surface area contributed by atoms with Gasteiger partial charge in [0.1, 0.15) is 5.75 Å². The number of ether oxygens (including phenoxy) is 1. The number of halogens is 3. The summed E-state index contributed by atoms with van der Waals surface area (Å²) < 4.78 is 67.9. The second-order valence-electron chi connectivity index (χ2n) is 6.91. The van der Waals surface area contributed by atoms with Gasteiger partial charge in [-0.15, -0.1) is 13.2 Å². The number of benzene rings is 2. The molecule has 0 radical (unpaired) electrons. The van der Waals surface area contributed by atoms with E-state index in [1.54, 1.807) is 12.1 Å². The molecule has 0 heterocycles. The second kappa shape index (κ2) is 9.05. The van der Waals surface area contributed by atoms with Crippen LogP contribution in [0.25, 0.3) is 0 Å². The lowest BCUT2D eigenvalue weighted by molar-refractivity contribution is -0.274. The third-order valence-corrected chi connectivity index (χ3v) is 6.08. The van der Waals surface area contributed by atoms with Gasteiger partial charge in [-0.2, -0.15) is 0 Å². The summed E-state index contributed by atoms with van der Waals surface area (Å²) in [5, 5.41) is 2.41. The Hall–Kier alpha value is -2.59. The average molecular weight is 442 g/mol. The highest BCUT2D eigenvalue weighted by Crippen LogP contribution is 2.25. The first-order valence-electron chi connectivity index (χ1n) is 9.39. The summed E-state index contributed by atoms with van der Waals surface area (Å²) in [6.07, 6.45) is -1.11. The van der Waals surface area contributed by atoms with Gasteiger partial charge < -0.3 is 10.1 Å². The van der Waals surface area contributed by atoms with Crippen molar-refractivity contribution in [1.29, 1.82) is 0 Å². The summed E-state index contributed by atoms with van der Waals surface area (Å²) in [4.78, 5) is 12.2. The van der Waals surface area contributed by atoms with E-state index in [1.165, 1.54) is 12.1 Å². The van der Waals surface area contributed by atoms with Gasteiger partial charge in [0.05, 0.1) is 4.90 Å². The smallest absolute Gasteiger partial charge is 0.406 e. The molecule has 0 saturated heterocycles. The Bertz CT molecular complexity index is 1020. The molecule has 0 atom stereocenters. The molecular weight excluding hydrogens is 421 g/mol. The third kappa shape index (κ3) is 6.20. The van der Waals surface area contributed by atoms with Crippen LogP contribution in [0.15, 0.2) is 47.4 Å². The first kappa shape index (κ1) is 22.1. The molecule has 3 rings (SSSR count). The Labute approximate surface area is 172 Å². The Kier molecular flexibility index (Phi) is 6.67. The molecule has 1 amide bonds. The van der Waals surface area contributed by atoms with E-state index in [2.05, 4.69) is 14.8 Å². The van der Waals surface area contributed by atoms with Crippen molar-refractivity contribution in [1.82, 2.24) is 4.72 Å². The van der Waals surface area contributed by atoms with Crippen LogP contribution in [0.2, 0.25) is 0 Å². The Balaban J connectivity index is 1.53. The van der Waals surface area contributed by atoms with Crippen molar-refractivity contribution in [2.75, 3.05) is 11.9 Å². The van der Waals surface area contributed by atoms with E-state index in [4.69, 9.17) is 0 Å². The topological polar surface area (TPSA) is 84.5 Å². The van der Waals surface area contributed by atoms with Gasteiger partial charge in [-0.1, -0.05) is 12.1 Å². The zero-order chi connectivity index (χ0) is 21.8. The van der Waals surface area contributed by atoms with Gasteiger partial charge >= 0.3 is 6.36 Å².